The maximum absolute atomic E-state index is 12.0. The van der Waals surface area contributed by atoms with Crippen LogP contribution < -0.4 is 10.6 Å². The standard InChI is InChI=1S/C17H25N3O5S/c1-17(2,11-25-16(24)12-4-3-6-18-10-12)14(22)15(23)20-7-5-13(21)19-8-9-26/h3-4,6,10,14,22,26H,5,7-9,11H2,1-2H3,(H,19,21)(H,20,23). The Kier molecular flexibility index (Phi) is 9.08. The Balaban J connectivity index is 2.42. The van der Waals surface area contributed by atoms with Crippen molar-refractivity contribution >= 4 is 30.4 Å². The van der Waals surface area contributed by atoms with E-state index in [1.807, 2.05) is 0 Å². The molecule has 26 heavy (non-hydrogen) atoms. The lowest BCUT2D eigenvalue weighted by molar-refractivity contribution is -0.137. The van der Waals surface area contributed by atoms with Crippen LogP contribution in [0.1, 0.15) is 30.6 Å². The van der Waals surface area contributed by atoms with Gasteiger partial charge in [-0.05, 0) is 12.1 Å². The van der Waals surface area contributed by atoms with Gasteiger partial charge in [0, 0.05) is 43.1 Å². The number of amides is 2. The third-order valence-corrected chi connectivity index (χ3v) is 3.77. The predicted octanol–water partition coefficient (Wildman–Crippen LogP) is 0.178. The monoisotopic (exact) mass is 383 g/mol. The van der Waals surface area contributed by atoms with Crippen LogP contribution in [0.5, 0.6) is 0 Å². The molecular formula is C17H25N3O5S. The lowest BCUT2D eigenvalue weighted by Crippen LogP contribution is -2.47. The second-order valence-electron chi connectivity index (χ2n) is 6.32. The molecule has 0 spiro atoms. The highest BCUT2D eigenvalue weighted by Crippen LogP contribution is 2.22. The number of aliphatic hydroxyl groups excluding tert-OH is 1. The Bertz CT molecular complexity index is 610. The first kappa shape index (κ1) is 21.9. The first-order valence-electron chi connectivity index (χ1n) is 8.18. The molecule has 0 aliphatic carbocycles. The van der Waals surface area contributed by atoms with Crippen molar-refractivity contribution in [2.45, 2.75) is 26.4 Å². The molecule has 1 atom stereocenters. The average Bonchev–Trinajstić information content (AvgIpc) is 2.64. The van der Waals surface area contributed by atoms with Crippen LogP contribution in [0.3, 0.4) is 0 Å². The Morgan fingerprint density at radius 1 is 1.31 bits per heavy atom. The van der Waals surface area contributed by atoms with E-state index in [9.17, 15) is 19.5 Å². The summed E-state index contributed by atoms with van der Waals surface area (Å²) in [5.41, 5.74) is -0.717. The lowest BCUT2D eigenvalue weighted by Gasteiger charge is -2.28. The summed E-state index contributed by atoms with van der Waals surface area (Å²) in [4.78, 5) is 39.2. The molecule has 8 nitrogen and oxygen atoms in total. The first-order chi connectivity index (χ1) is 12.3. The molecule has 1 unspecified atom stereocenters. The molecule has 0 aromatic carbocycles. The minimum absolute atomic E-state index is 0.0971. The lowest BCUT2D eigenvalue weighted by atomic mass is 9.87. The SMILES string of the molecule is CC(C)(COC(=O)c1cccnc1)C(O)C(=O)NCCC(=O)NCCS. The van der Waals surface area contributed by atoms with Crippen LogP contribution in [0.4, 0.5) is 0 Å². The molecule has 144 valence electrons. The number of hydrogen-bond donors (Lipinski definition) is 4. The van der Waals surface area contributed by atoms with E-state index < -0.39 is 23.4 Å². The molecule has 0 aliphatic rings. The molecule has 0 aliphatic heterocycles. The normalized spacial score (nSPS) is 12.2. The van der Waals surface area contributed by atoms with E-state index in [2.05, 4.69) is 28.2 Å². The third kappa shape index (κ3) is 7.40. The van der Waals surface area contributed by atoms with E-state index >= 15 is 0 Å². The summed E-state index contributed by atoms with van der Waals surface area (Å²) in [6.07, 6.45) is 1.61. The highest BCUT2D eigenvalue weighted by molar-refractivity contribution is 7.80. The molecule has 2 amide bonds. The van der Waals surface area contributed by atoms with Gasteiger partial charge in [0.1, 0.15) is 6.10 Å². The average molecular weight is 383 g/mol. The number of carbonyl (C=O) groups is 3. The minimum atomic E-state index is -1.40. The van der Waals surface area contributed by atoms with Crippen molar-refractivity contribution in [1.29, 1.82) is 0 Å². The zero-order valence-electron chi connectivity index (χ0n) is 14.9. The van der Waals surface area contributed by atoms with Gasteiger partial charge < -0.3 is 20.5 Å². The summed E-state index contributed by atoms with van der Waals surface area (Å²) in [6, 6.07) is 3.17. The molecule has 1 rings (SSSR count). The van der Waals surface area contributed by atoms with E-state index in [-0.39, 0.29) is 31.0 Å². The summed E-state index contributed by atoms with van der Waals surface area (Å²) in [7, 11) is 0. The van der Waals surface area contributed by atoms with Crippen molar-refractivity contribution in [2.75, 3.05) is 25.4 Å². The van der Waals surface area contributed by atoms with Crippen molar-refractivity contribution in [2.24, 2.45) is 5.41 Å². The Morgan fingerprint density at radius 2 is 2.04 bits per heavy atom. The number of nitrogens with one attached hydrogen (secondary N) is 2. The summed E-state index contributed by atoms with van der Waals surface area (Å²) in [5, 5.41) is 15.3. The molecule has 0 fully saturated rings. The molecule has 1 aromatic heterocycles. The second-order valence-corrected chi connectivity index (χ2v) is 6.77. The first-order valence-corrected chi connectivity index (χ1v) is 8.81. The molecule has 3 N–H and O–H groups in total. The largest absolute Gasteiger partial charge is 0.461 e. The number of aliphatic hydroxyl groups is 1. The number of hydrogen-bond acceptors (Lipinski definition) is 7. The van der Waals surface area contributed by atoms with E-state index in [0.29, 0.717) is 12.3 Å². The van der Waals surface area contributed by atoms with Gasteiger partial charge >= 0.3 is 5.97 Å². The number of pyridine rings is 1. The molecular weight excluding hydrogens is 358 g/mol. The van der Waals surface area contributed by atoms with Gasteiger partial charge in [-0.2, -0.15) is 12.6 Å². The number of thiol groups is 1. The van der Waals surface area contributed by atoms with Crippen molar-refractivity contribution < 1.29 is 24.2 Å². The topological polar surface area (TPSA) is 118 Å². The minimum Gasteiger partial charge on any atom is -0.461 e. The molecule has 0 bridgehead atoms. The van der Waals surface area contributed by atoms with Crippen LogP contribution in [0.2, 0.25) is 0 Å². The van der Waals surface area contributed by atoms with Crippen LogP contribution in [-0.4, -0.2) is 59.4 Å². The Hall–Kier alpha value is -2.13. The number of nitrogens with zero attached hydrogens (tertiary/aromatic N) is 1. The van der Waals surface area contributed by atoms with E-state index in [0.717, 1.165) is 0 Å². The fourth-order valence-corrected chi connectivity index (χ4v) is 2.04. The zero-order chi connectivity index (χ0) is 19.6. The summed E-state index contributed by atoms with van der Waals surface area (Å²) in [5.74, 6) is -0.893. The summed E-state index contributed by atoms with van der Waals surface area (Å²) in [6.45, 7) is 3.60. The van der Waals surface area contributed by atoms with Gasteiger partial charge in [-0.1, -0.05) is 13.8 Å². The number of ether oxygens (including phenoxy) is 1. The van der Waals surface area contributed by atoms with Crippen LogP contribution in [0.25, 0.3) is 0 Å². The number of aromatic nitrogens is 1. The fraction of sp³-hybridized carbons (Fsp3) is 0.529. The van der Waals surface area contributed by atoms with Crippen molar-refractivity contribution in [3.63, 3.8) is 0 Å². The molecule has 9 heteroatoms. The maximum Gasteiger partial charge on any atom is 0.339 e. The van der Waals surface area contributed by atoms with Crippen LogP contribution in [0.15, 0.2) is 24.5 Å². The number of esters is 1. The second kappa shape index (κ2) is 10.8. The molecule has 0 radical (unpaired) electrons. The predicted molar refractivity (Wildman–Crippen MR) is 98.8 cm³/mol. The van der Waals surface area contributed by atoms with Crippen molar-refractivity contribution in [1.82, 2.24) is 15.6 Å². The molecule has 1 aromatic rings. The van der Waals surface area contributed by atoms with Crippen LogP contribution in [0, 0.1) is 5.41 Å². The zero-order valence-corrected chi connectivity index (χ0v) is 15.8. The van der Waals surface area contributed by atoms with Crippen LogP contribution >= 0.6 is 12.6 Å². The highest BCUT2D eigenvalue weighted by atomic mass is 32.1. The fourth-order valence-electron chi connectivity index (χ4n) is 1.93. The van der Waals surface area contributed by atoms with Gasteiger partial charge in [0.2, 0.25) is 11.8 Å². The van der Waals surface area contributed by atoms with E-state index in [1.165, 1.54) is 12.4 Å². The molecule has 0 saturated carbocycles. The number of carbonyl (C=O) groups excluding carboxylic acids is 3. The van der Waals surface area contributed by atoms with Crippen molar-refractivity contribution in [3.8, 4) is 0 Å². The van der Waals surface area contributed by atoms with Crippen LogP contribution in [-0.2, 0) is 14.3 Å². The van der Waals surface area contributed by atoms with Gasteiger partial charge in [-0.3, -0.25) is 14.6 Å². The highest BCUT2D eigenvalue weighted by Gasteiger charge is 2.35. The summed E-state index contributed by atoms with van der Waals surface area (Å²) >= 11 is 3.98. The third-order valence-electron chi connectivity index (χ3n) is 3.55. The molecule has 1 heterocycles. The van der Waals surface area contributed by atoms with Crippen molar-refractivity contribution in [3.05, 3.63) is 30.1 Å². The quantitative estimate of drug-likeness (QED) is 0.338. The Labute approximate surface area is 158 Å². The van der Waals surface area contributed by atoms with Gasteiger partial charge in [0.15, 0.2) is 0 Å². The summed E-state index contributed by atoms with van der Waals surface area (Å²) < 4.78 is 5.16. The van der Waals surface area contributed by atoms with Gasteiger partial charge in [-0.25, -0.2) is 4.79 Å². The van der Waals surface area contributed by atoms with Gasteiger partial charge in [-0.15, -0.1) is 0 Å². The van der Waals surface area contributed by atoms with E-state index in [4.69, 9.17) is 4.74 Å². The maximum atomic E-state index is 12.0. The number of rotatable bonds is 10. The van der Waals surface area contributed by atoms with Gasteiger partial charge in [0.05, 0.1) is 12.2 Å². The van der Waals surface area contributed by atoms with Gasteiger partial charge in [0.25, 0.3) is 0 Å². The van der Waals surface area contributed by atoms with E-state index in [1.54, 1.807) is 26.0 Å². The smallest absolute Gasteiger partial charge is 0.339 e. The Morgan fingerprint density at radius 3 is 2.65 bits per heavy atom. The molecule has 0 saturated heterocycles.